The van der Waals surface area contributed by atoms with Crippen LogP contribution in [0.4, 0.5) is 19.1 Å². The van der Waals surface area contributed by atoms with Crippen molar-refractivity contribution in [2.24, 2.45) is 7.05 Å². The van der Waals surface area contributed by atoms with Crippen molar-refractivity contribution in [3.8, 4) is 17.1 Å². The molecule has 3 heterocycles. The summed E-state index contributed by atoms with van der Waals surface area (Å²) in [6, 6.07) is 9.93. The predicted molar refractivity (Wildman–Crippen MR) is 155 cm³/mol. The molecule has 2 unspecified atom stereocenters. The van der Waals surface area contributed by atoms with Gasteiger partial charge in [0.15, 0.2) is 5.82 Å². The van der Waals surface area contributed by atoms with Gasteiger partial charge in [0.25, 0.3) is 11.5 Å². The van der Waals surface area contributed by atoms with Gasteiger partial charge in [0.2, 0.25) is 5.95 Å². The van der Waals surface area contributed by atoms with Crippen molar-refractivity contribution in [3.05, 3.63) is 98.7 Å². The number of rotatable bonds is 6. The highest BCUT2D eigenvalue weighted by Gasteiger charge is 2.36. The molecule has 0 fully saturated rings. The van der Waals surface area contributed by atoms with Crippen LogP contribution in [0.25, 0.3) is 17.1 Å². The summed E-state index contributed by atoms with van der Waals surface area (Å²) in [5.41, 5.74) is 0.868. The molecule has 0 bridgehead atoms. The van der Waals surface area contributed by atoms with Gasteiger partial charge in [0.05, 0.1) is 23.5 Å². The van der Waals surface area contributed by atoms with Crippen molar-refractivity contribution in [1.29, 1.82) is 0 Å². The molecule has 0 saturated heterocycles. The van der Waals surface area contributed by atoms with Crippen LogP contribution in [-0.4, -0.2) is 47.2 Å². The number of alkyl halides is 3. The third kappa shape index (κ3) is 5.48. The van der Waals surface area contributed by atoms with Crippen molar-refractivity contribution in [3.63, 3.8) is 0 Å². The molecule has 2 aromatic heterocycles. The van der Waals surface area contributed by atoms with Gasteiger partial charge in [-0.2, -0.15) is 13.2 Å². The number of nitrogens with one attached hydrogen (secondary N) is 1. The molecule has 2 atom stereocenters. The molecule has 1 aliphatic heterocycles. The summed E-state index contributed by atoms with van der Waals surface area (Å²) < 4.78 is 43.6. The molecule has 1 amide bonds. The number of hydrogen-bond acceptors (Lipinski definition) is 6. The monoisotopic (exact) mass is 641 g/mol. The second-order valence-corrected chi connectivity index (χ2v) is 11.0. The Bertz CT molecular complexity index is 1730. The van der Waals surface area contributed by atoms with Gasteiger partial charge in [-0.1, -0.05) is 22.0 Å². The van der Waals surface area contributed by atoms with E-state index in [1.165, 1.54) is 21.6 Å². The maximum atomic E-state index is 14.0. The molecular formula is C29H27BrF3N7O2. The smallest absolute Gasteiger partial charge is 0.349 e. The highest BCUT2D eigenvalue weighted by atomic mass is 79.9. The molecule has 0 aliphatic carbocycles. The van der Waals surface area contributed by atoms with E-state index in [9.17, 15) is 22.8 Å². The fourth-order valence-electron chi connectivity index (χ4n) is 4.87. The van der Waals surface area contributed by atoms with Gasteiger partial charge in [-0.15, -0.1) is 16.8 Å². The van der Waals surface area contributed by atoms with E-state index in [-0.39, 0.29) is 40.6 Å². The van der Waals surface area contributed by atoms with E-state index in [1.807, 2.05) is 26.1 Å². The first kappa shape index (κ1) is 29.2. The topological polar surface area (TPSA) is 97.9 Å². The lowest BCUT2D eigenvalue weighted by Gasteiger charge is -2.35. The van der Waals surface area contributed by atoms with E-state index in [0.29, 0.717) is 22.8 Å². The molecule has 0 spiro atoms. The molecule has 2 aromatic carbocycles. The molecule has 0 radical (unpaired) electrons. The molecule has 0 saturated carbocycles. The van der Waals surface area contributed by atoms with E-state index in [2.05, 4.69) is 38.0 Å². The lowest BCUT2D eigenvalue weighted by molar-refractivity contribution is -0.138. The van der Waals surface area contributed by atoms with Crippen LogP contribution in [0.5, 0.6) is 0 Å². The number of halogens is 4. The molecule has 218 valence electrons. The zero-order valence-corrected chi connectivity index (χ0v) is 24.6. The number of amides is 1. The second-order valence-electron chi connectivity index (χ2n) is 10.2. The van der Waals surface area contributed by atoms with Crippen LogP contribution in [0.15, 0.2) is 70.7 Å². The van der Waals surface area contributed by atoms with Gasteiger partial charge < -0.3 is 14.8 Å². The lowest BCUT2D eigenvalue weighted by atomic mass is 9.98. The van der Waals surface area contributed by atoms with E-state index in [1.54, 1.807) is 36.0 Å². The number of fused-ring (bicyclic) bond motifs is 1. The fraction of sp³-hybridized carbons (Fsp3) is 0.276. The maximum absolute atomic E-state index is 14.0. The third-order valence-electron chi connectivity index (χ3n) is 7.20. The van der Waals surface area contributed by atoms with Crippen LogP contribution in [-0.2, 0) is 26.2 Å². The van der Waals surface area contributed by atoms with Crippen LogP contribution < -0.4 is 10.9 Å². The Labute approximate surface area is 247 Å². The number of carbonyl (C=O) groups is 1. The summed E-state index contributed by atoms with van der Waals surface area (Å²) in [7, 11) is 1.83. The van der Waals surface area contributed by atoms with E-state index in [4.69, 9.17) is 4.98 Å². The van der Waals surface area contributed by atoms with Crippen molar-refractivity contribution in [2.45, 2.75) is 45.1 Å². The van der Waals surface area contributed by atoms with E-state index in [0.717, 1.165) is 11.6 Å². The van der Waals surface area contributed by atoms with Crippen molar-refractivity contribution in [2.75, 3.05) is 5.32 Å². The second kappa shape index (κ2) is 11.2. The number of anilines is 1. The minimum absolute atomic E-state index is 0.0366. The van der Waals surface area contributed by atoms with Crippen LogP contribution in [0.1, 0.15) is 41.0 Å². The van der Waals surface area contributed by atoms with Crippen LogP contribution >= 0.6 is 15.9 Å². The summed E-state index contributed by atoms with van der Waals surface area (Å²) in [6.07, 6.45) is -1.18. The van der Waals surface area contributed by atoms with Crippen LogP contribution in [0.3, 0.4) is 0 Å². The van der Waals surface area contributed by atoms with Crippen molar-refractivity contribution < 1.29 is 18.0 Å². The van der Waals surface area contributed by atoms with Gasteiger partial charge in [0.1, 0.15) is 6.33 Å². The van der Waals surface area contributed by atoms with Gasteiger partial charge in [0, 0.05) is 40.3 Å². The zero-order valence-electron chi connectivity index (χ0n) is 23.0. The standard InChI is InChI=1S/C29H27BrF3N7O2/c1-5-16(2)35-28-36-24-14-39(26(41)19-8-11-23(30)22(13-19)29(31,32)33)17(3)12-21(24)27(42)40(28)20-9-6-18(7-10-20)25-37-34-15-38(25)4/h5-11,13,15-17H,1,12,14H2,2-4H3,(H,35,36). The Morgan fingerprint density at radius 2 is 1.93 bits per heavy atom. The Hall–Kier alpha value is -4.26. The maximum Gasteiger partial charge on any atom is 0.417 e. The summed E-state index contributed by atoms with van der Waals surface area (Å²) >= 11 is 2.92. The van der Waals surface area contributed by atoms with Crippen LogP contribution in [0, 0.1) is 0 Å². The number of aromatic nitrogens is 5. The van der Waals surface area contributed by atoms with Crippen LogP contribution in [0.2, 0.25) is 0 Å². The van der Waals surface area contributed by atoms with Gasteiger partial charge in [-0.05, 0) is 62.7 Å². The zero-order chi connectivity index (χ0) is 30.3. The Morgan fingerprint density at radius 1 is 1.21 bits per heavy atom. The Kier molecular flexibility index (Phi) is 7.80. The third-order valence-corrected chi connectivity index (χ3v) is 7.89. The van der Waals surface area contributed by atoms with Gasteiger partial charge in [-0.3, -0.25) is 9.59 Å². The summed E-state index contributed by atoms with van der Waals surface area (Å²) in [6.45, 7) is 7.37. The number of nitrogens with zero attached hydrogens (tertiary/aromatic N) is 6. The first-order valence-electron chi connectivity index (χ1n) is 13.1. The minimum atomic E-state index is -4.63. The summed E-state index contributed by atoms with van der Waals surface area (Å²) in [5, 5.41) is 11.2. The van der Waals surface area contributed by atoms with E-state index < -0.39 is 23.7 Å². The molecule has 42 heavy (non-hydrogen) atoms. The number of carbonyl (C=O) groups excluding carboxylic acids is 1. The average Bonchev–Trinajstić information content (AvgIpc) is 3.38. The molecule has 1 N–H and O–H groups in total. The Balaban J connectivity index is 1.54. The molecule has 4 aromatic rings. The SMILES string of the molecule is C=CC(C)Nc1nc2c(c(=O)n1-c1ccc(-c3nncn3C)cc1)CC(C)N(C(=O)c1ccc(Br)c(C(F)(F)F)c1)C2. The number of aryl methyl sites for hydroxylation is 1. The molecule has 5 rings (SSSR count). The number of benzene rings is 2. The van der Waals surface area contributed by atoms with E-state index >= 15 is 0 Å². The molecule has 1 aliphatic rings. The summed E-state index contributed by atoms with van der Waals surface area (Å²) in [4.78, 5) is 33.6. The minimum Gasteiger partial charge on any atom is -0.349 e. The van der Waals surface area contributed by atoms with Gasteiger partial charge in [-0.25, -0.2) is 9.55 Å². The highest BCUT2D eigenvalue weighted by molar-refractivity contribution is 9.10. The first-order chi connectivity index (χ1) is 19.9. The largest absolute Gasteiger partial charge is 0.417 e. The normalized spacial score (nSPS) is 15.7. The molecule has 13 heteroatoms. The van der Waals surface area contributed by atoms with Crippen molar-refractivity contribution >= 4 is 27.8 Å². The fourth-order valence-corrected chi connectivity index (χ4v) is 5.35. The highest BCUT2D eigenvalue weighted by Crippen LogP contribution is 2.36. The molecular weight excluding hydrogens is 615 g/mol. The lowest BCUT2D eigenvalue weighted by Crippen LogP contribution is -2.46. The summed E-state index contributed by atoms with van der Waals surface area (Å²) in [5.74, 6) is 0.343. The number of hydrogen-bond donors (Lipinski definition) is 1. The van der Waals surface area contributed by atoms with Crippen molar-refractivity contribution in [1.82, 2.24) is 29.2 Å². The molecule has 9 nitrogen and oxygen atoms in total. The average molecular weight is 642 g/mol. The Morgan fingerprint density at radius 3 is 2.55 bits per heavy atom. The first-order valence-corrected chi connectivity index (χ1v) is 13.8. The van der Waals surface area contributed by atoms with Gasteiger partial charge >= 0.3 is 6.18 Å². The predicted octanol–water partition coefficient (Wildman–Crippen LogP) is 5.38. The quantitative estimate of drug-likeness (QED) is 0.284.